The van der Waals surface area contributed by atoms with Crippen molar-refractivity contribution in [3.63, 3.8) is 0 Å². The molecular formula is C14H20N4. The van der Waals surface area contributed by atoms with Crippen molar-refractivity contribution in [3.8, 4) is 11.3 Å². The molecule has 2 aromatic rings. The predicted molar refractivity (Wildman–Crippen MR) is 73.2 cm³/mol. The third-order valence-electron chi connectivity index (χ3n) is 3.13. The van der Waals surface area contributed by atoms with Gasteiger partial charge in [-0.3, -0.25) is 9.67 Å². The molecule has 0 fully saturated rings. The lowest BCUT2D eigenvalue weighted by molar-refractivity contribution is 0.285. The highest BCUT2D eigenvalue weighted by molar-refractivity contribution is 5.56. The first kappa shape index (κ1) is 12.8. The summed E-state index contributed by atoms with van der Waals surface area (Å²) in [6.07, 6.45) is 5.75. The largest absolute Gasteiger partial charge is 0.302 e. The molecule has 2 heterocycles. The zero-order valence-electron chi connectivity index (χ0n) is 11.1. The molecule has 2 aromatic heterocycles. The van der Waals surface area contributed by atoms with Crippen molar-refractivity contribution in [2.45, 2.75) is 20.4 Å². The fourth-order valence-electron chi connectivity index (χ4n) is 1.94. The van der Waals surface area contributed by atoms with Gasteiger partial charge in [0.15, 0.2) is 0 Å². The van der Waals surface area contributed by atoms with Gasteiger partial charge in [0.25, 0.3) is 0 Å². The van der Waals surface area contributed by atoms with Gasteiger partial charge in [0.1, 0.15) is 0 Å². The second-order valence-corrected chi connectivity index (χ2v) is 4.23. The third-order valence-corrected chi connectivity index (χ3v) is 3.13. The summed E-state index contributed by atoms with van der Waals surface area (Å²) >= 11 is 0. The molecule has 96 valence electrons. The first-order chi connectivity index (χ1) is 8.83. The van der Waals surface area contributed by atoms with Crippen LogP contribution in [0.1, 0.15) is 13.8 Å². The highest BCUT2D eigenvalue weighted by Crippen LogP contribution is 2.14. The van der Waals surface area contributed by atoms with Gasteiger partial charge < -0.3 is 4.90 Å². The van der Waals surface area contributed by atoms with Gasteiger partial charge in [0, 0.05) is 24.5 Å². The summed E-state index contributed by atoms with van der Waals surface area (Å²) in [4.78, 5) is 6.72. The molecule has 0 saturated heterocycles. The molecule has 0 spiro atoms. The molecular weight excluding hydrogens is 224 g/mol. The van der Waals surface area contributed by atoms with Crippen LogP contribution in [-0.2, 0) is 6.54 Å². The average molecular weight is 244 g/mol. The van der Waals surface area contributed by atoms with Gasteiger partial charge >= 0.3 is 0 Å². The quantitative estimate of drug-likeness (QED) is 0.782. The van der Waals surface area contributed by atoms with E-state index in [2.05, 4.69) is 35.0 Å². The van der Waals surface area contributed by atoms with E-state index in [0.29, 0.717) is 0 Å². The van der Waals surface area contributed by atoms with Crippen molar-refractivity contribution in [1.82, 2.24) is 19.7 Å². The maximum atomic E-state index is 4.38. The SMILES string of the molecule is CCN(CC)CCn1cc(-c2ccccn2)cn1. The van der Waals surface area contributed by atoms with E-state index in [1.165, 1.54) is 0 Å². The fourth-order valence-corrected chi connectivity index (χ4v) is 1.94. The van der Waals surface area contributed by atoms with Crippen LogP contribution in [0.3, 0.4) is 0 Å². The molecule has 0 saturated carbocycles. The Kier molecular flexibility index (Phi) is 4.47. The monoisotopic (exact) mass is 244 g/mol. The number of rotatable bonds is 6. The molecule has 2 rings (SSSR count). The van der Waals surface area contributed by atoms with Crippen LogP contribution >= 0.6 is 0 Å². The molecule has 0 atom stereocenters. The molecule has 0 aliphatic rings. The average Bonchev–Trinajstić information content (AvgIpc) is 2.90. The normalized spacial score (nSPS) is 11.1. The van der Waals surface area contributed by atoms with Crippen LogP contribution in [0.15, 0.2) is 36.8 Å². The van der Waals surface area contributed by atoms with Gasteiger partial charge in [-0.25, -0.2) is 0 Å². The number of aromatic nitrogens is 3. The van der Waals surface area contributed by atoms with Crippen LogP contribution in [0.5, 0.6) is 0 Å². The van der Waals surface area contributed by atoms with E-state index in [4.69, 9.17) is 0 Å². The Balaban J connectivity index is 1.98. The molecule has 0 bridgehead atoms. The van der Waals surface area contributed by atoms with Crippen LogP contribution in [0.4, 0.5) is 0 Å². The number of likely N-dealkylation sites (N-methyl/N-ethyl adjacent to an activating group) is 1. The molecule has 0 unspecified atom stereocenters. The van der Waals surface area contributed by atoms with Crippen molar-refractivity contribution in [2.75, 3.05) is 19.6 Å². The Morgan fingerprint density at radius 2 is 2.06 bits per heavy atom. The molecule has 0 aromatic carbocycles. The van der Waals surface area contributed by atoms with Crippen molar-refractivity contribution in [3.05, 3.63) is 36.8 Å². The minimum absolute atomic E-state index is 0.925. The zero-order chi connectivity index (χ0) is 12.8. The maximum Gasteiger partial charge on any atom is 0.0733 e. The number of hydrogen-bond acceptors (Lipinski definition) is 3. The summed E-state index contributed by atoms with van der Waals surface area (Å²) in [5, 5.41) is 4.38. The Morgan fingerprint density at radius 3 is 2.72 bits per heavy atom. The van der Waals surface area contributed by atoms with E-state index < -0.39 is 0 Å². The molecule has 4 nitrogen and oxygen atoms in total. The minimum Gasteiger partial charge on any atom is -0.302 e. The second-order valence-electron chi connectivity index (χ2n) is 4.23. The minimum atomic E-state index is 0.925. The smallest absolute Gasteiger partial charge is 0.0733 e. The lowest BCUT2D eigenvalue weighted by Crippen LogP contribution is -2.27. The molecule has 0 N–H and O–H groups in total. The van der Waals surface area contributed by atoms with Crippen LogP contribution in [0.2, 0.25) is 0 Å². The van der Waals surface area contributed by atoms with Crippen LogP contribution in [0.25, 0.3) is 11.3 Å². The topological polar surface area (TPSA) is 34.0 Å². The summed E-state index contributed by atoms with van der Waals surface area (Å²) in [7, 11) is 0. The Labute approximate surface area is 108 Å². The zero-order valence-corrected chi connectivity index (χ0v) is 11.1. The summed E-state index contributed by atoms with van der Waals surface area (Å²) < 4.78 is 1.99. The summed E-state index contributed by atoms with van der Waals surface area (Å²) in [6, 6.07) is 5.93. The van der Waals surface area contributed by atoms with Crippen LogP contribution < -0.4 is 0 Å². The summed E-state index contributed by atoms with van der Waals surface area (Å²) in [6.45, 7) is 8.51. The highest BCUT2D eigenvalue weighted by Gasteiger charge is 2.04. The van der Waals surface area contributed by atoms with Crippen LogP contribution in [0, 0.1) is 0 Å². The van der Waals surface area contributed by atoms with Crippen LogP contribution in [-0.4, -0.2) is 39.3 Å². The third kappa shape index (κ3) is 3.17. The van der Waals surface area contributed by atoms with Gasteiger partial charge in [0.05, 0.1) is 18.4 Å². The summed E-state index contributed by atoms with van der Waals surface area (Å²) in [5.74, 6) is 0. The number of hydrogen-bond donors (Lipinski definition) is 0. The van der Waals surface area contributed by atoms with E-state index in [0.717, 1.165) is 37.4 Å². The van der Waals surface area contributed by atoms with Gasteiger partial charge in [-0.15, -0.1) is 0 Å². The second kappa shape index (κ2) is 6.31. The first-order valence-corrected chi connectivity index (χ1v) is 6.49. The van der Waals surface area contributed by atoms with E-state index in [1.807, 2.05) is 35.3 Å². The maximum absolute atomic E-state index is 4.38. The van der Waals surface area contributed by atoms with Crippen molar-refractivity contribution in [2.24, 2.45) is 0 Å². The van der Waals surface area contributed by atoms with Crippen molar-refractivity contribution < 1.29 is 0 Å². The number of nitrogens with zero attached hydrogens (tertiary/aromatic N) is 4. The van der Waals surface area contributed by atoms with E-state index in [1.54, 1.807) is 0 Å². The molecule has 0 aliphatic heterocycles. The van der Waals surface area contributed by atoms with Gasteiger partial charge in [-0.2, -0.15) is 5.10 Å². The van der Waals surface area contributed by atoms with E-state index in [-0.39, 0.29) is 0 Å². The Morgan fingerprint density at radius 1 is 1.22 bits per heavy atom. The number of pyridine rings is 1. The molecule has 0 amide bonds. The first-order valence-electron chi connectivity index (χ1n) is 6.49. The van der Waals surface area contributed by atoms with Gasteiger partial charge in [0.2, 0.25) is 0 Å². The standard InChI is InChI=1S/C14H20N4/c1-3-17(4-2)9-10-18-12-13(11-16-18)14-7-5-6-8-15-14/h5-8,11-12H,3-4,9-10H2,1-2H3. The highest BCUT2D eigenvalue weighted by atomic mass is 15.3. The van der Waals surface area contributed by atoms with E-state index >= 15 is 0 Å². The van der Waals surface area contributed by atoms with Gasteiger partial charge in [-0.05, 0) is 25.2 Å². The molecule has 0 aliphatic carbocycles. The summed E-state index contributed by atoms with van der Waals surface area (Å²) in [5.41, 5.74) is 2.06. The fraction of sp³-hybridized carbons (Fsp3) is 0.429. The van der Waals surface area contributed by atoms with E-state index in [9.17, 15) is 0 Å². The molecule has 0 radical (unpaired) electrons. The molecule has 18 heavy (non-hydrogen) atoms. The molecule has 4 heteroatoms. The van der Waals surface area contributed by atoms with Crippen molar-refractivity contribution >= 4 is 0 Å². The predicted octanol–water partition coefficient (Wildman–Crippen LogP) is 2.29. The Bertz CT molecular complexity index is 460. The van der Waals surface area contributed by atoms with Crippen molar-refractivity contribution in [1.29, 1.82) is 0 Å². The lowest BCUT2D eigenvalue weighted by Gasteiger charge is -2.17. The lowest BCUT2D eigenvalue weighted by atomic mass is 10.2. The Hall–Kier alpha value is -1.68. The van der Waals surface area contributed by atoms with Gasteiger partial charge in [-0.1, -0.05) is 19.9 Å².